The Kier molecular flexibility index (Phi) is 4.03. The number of benzene rings is 2. The molecule has 0 amide bonds. The molecule has 0 atom stereocenters. The summed E-state index contributed by atoms with van der Waals surface area (Å²) in [6.07, 6.45) is 0. The number of aryl methyl sites for hydroxylation is 3. The molecule has 0 aliphatic carbocycles. The van der Waals surface area contributed by atoms with Gasteiger partial charge in [-0.05, 0) is 74.1 Å². The Morgan fingerprint density at radius 3 is 2.05 bits per heavy atom. The fourth-order valence-electron chi connectivity index (χ4n) is 2.67. The lowest BCUT2D eigenvalue weighted by Crippen LogP contribution is -2.08. The van der Waals surface area contributed by atoms with Gasteiger partial charge in [0.05, 0.1) is 11.4 Å². The number of nitrogens with one attached hydrogen (secondary N) is 1. The molecule has 0 saturated heterocycles. The summed E-state index contributed by atoms with van der Waals surface area (Å²) in [7, 11) is 0. The fourth-order valence-corrected chi connectivity index (χ4v) is 2.67. The van der Waals surface area contributed by atoms with E-state index in [0.29, 0.717) is 0 Å². The lowest BCUT2D eigenvalue weighted by molar-refractivity contribution is 1.06. The lowest BCUT2D eigenvalue weighted by atomic mass is 9.94. The summed E-state index contributed by atoms with van der Waals surface area (Å²) in [4.78, 5) is 0. The Morgan fingerprint density at radius 1 is 0.900 bits per heavy atom. The van der Waals surface area contributed by atoms with Crippen LogP contribution in [-0.2, 0) is 6.54 Å². The Bertz CT molecular complexity index is 596. The summed E-state index contributed by atoms with van der Waals surface area (Å²) < 4.78 is 0. The van der Waals surface area contributed by atoms with Crippen molar-refractivity contribution in [2.24, 2.45) is 0 Å². The average molecular weight is 268 g/mol. The first-order valence-corrected chi connectivity index (χ1v) is 7.07. The van der Waals surface area contributed by atoms with Crippen LogP contribution in [-0.4, -0.2) is 0 Å². The van der Waals surface area contributed by atoms with E-state index in [1.807, 2.05) is 12.1 Å². The molecular formula is C18H24N2. The van der Waals surface area contributed by atoms with Crippen LogP contribution >= 0.6 is 0 Å². The van der Waals surface area contributed by atoms with Gasteiger partial charge in [0.1, 0.15) is 0 Å². The number of hydrogen-bond acceptors (Lipinski definition) is 2. The molecule has 2 heteroatoms. The standard InChI is InChI=1S/C18H24N2/c1-11-7-6-8-17(19)18(11)20-10-16-14(4)12(2)9-13(3)15(16)5/h6-9,20H,10,19H2,1-5H3. The summed E-state index contributed by atoms with van der Waals surface area (Å²) in [5.74, 6) is 0. The molecule has 0 heterocycles. The van der Waals surface area contributed by atoms with Crippen LogP contribution in [0.25, 0.3) is 0 Å². The fraction of sp³-hybridized carbons (Fsp3) is 0.333. The number of anilines is 2. The minimum absolute atomic E-state index is 0.810. The SMILES string of the molecule is Cc1cc(C)c(C)c(CNc2c(C)cccc2N)c1C. The Balaban J connectivity index is 2.32. The second-order valence-corrected chi connectivity index (χ2v) is 5.63. The van der Waals surface area contributed by atoms with Crippen LogP contribution in [0.4, 0.5) is 11.4 Å². The minimum atomic E-state index is 0.810. The molecule has 20 heavy (non-hydrogen) atoms. The topological polar surface area (TPSA) is 38.0 Å². The maximum absolute atomic E-state index is 6.06. The van der Waals surface area contributed by atoms with E-state index >= 15 is 0 Å². The number of para-hydroxylation sites is 1. The van der Waals surface area contributed by atoms with Gasteiger partial charge in [-0.1, -0.05) is 18.2 Å². The maximum atomic E-state index is 6.06. The van der Waals surface area contributed by atoms with Crippen molar-refractivity contribution < 1.29 is 0 Å². The molecular weight excluding hydrogens is 244 g/mol. The molecule has 3 N–H and O–H groups in total. The molecule has 2 aromatic rings. The quantitative estimate of drug-likeness (QED) is 0.808. The summed E-state index contributed by atoms with van der Waals surface area (Å²) in [6, 6.07) is 8.27. The number of rotatable bonds is 3. The van der Waals surface area contributed by atoms with Crippen molar-refractivity contribution in [3.63, 3.8) is 0 Å². The van der Waals surface area contributed by atoms with Gasteiger partial charge in [-0.25, -0.2) is 0 Å². The molecule has 0 fully saturated rings. The zero-order chi connectivity index (χ0) is 14.9. The normalized spacial score (nSPS) is 10.7. The number of nitrogens with two attached hydrogens (primary N) is 1. The molecule has 2 rings (SSSR count). The van der Waals surface area contributed by atoms with Crippen molar-refractivity contribution in [1.29, 1.82) is 0 Å². The van der Waals surface area contributed by atoms with Gasteiger partial charge in [-0.15, -0.1) is 0 Å². The van der Waals surface area contributed by atoms with Gasteiger partial charge >= 0.3 is 0 Å². The Morgan fingerprint density at radius 2 is 1.50 bits per heavy atom. The van der Waals surface area contributed by atoms with Gasteiger partial charge in [-0.3, -0.25) is 0 Å². The molecule has 0 aromatic heterocycles. The molecule has 0 radical (unpaired) electrons. The highest BCUT2D eigenvalue weighted by Crippen LogP contribution is 2.26. The molecule has 0 aliphatic rings. The molecule has 0 spiro atoms. The summed E-state index contributed by atoms with van der Waals surface area (Å²) >= 11 is 0. The summed E-state index contributed by atoms with van der Waals surface area (Å²) in [5, 5.41) is 3.51. The number of nitrogen functional groups attached to an aromatic ring is 1. The second kappa shape index (κ2) is 5.58. The van der Waals surface area contributed by atoms with Crippen molar-refractivity contribution in [3.8, 4) is 0 Å². The van der Waals surface area contributed by atoms with E-state index in [9.17, 15) is 0 Å². The van der Waals surface area contributed by atoms with Gasteiger partial charge in [0.2, 0.25) is 0 Å². The Labute approximate surface area is 122 Å². The zero-order valence-electron chi connectivity index (χ0n) is 13.1. The third-order valence-corrected chi connectivity index (χ3v) is 4.27. The van der Waals surface area contributed by atoms with Crippen LogP contribution in [0.2, 0.25) is 0 Å². The predicted molar refractivity (Wildman–Crippen MR) is 88.3 cm³/mol. The van der Waals surface area contributed by atoms with Crippen molar-refractivity contribution in [1.82, 2.24) is 0 Å². The summed E-state index contributed by atoms with van der Waals surface area (Å²) in [5.41, 5.74) is 15.9. The highest BCUT2D eigenvalue weighted by Gasteiger charge is 2.09. The maximum Gasteiger partial charge on any atom is 0.0606 e. The van der Waals surface area contributed by atoms with Gasteiger partial charge in [-0.2, -0.15) is 0 Å². The van der Waals surface area contributed by atoms with Crippen LogP contribution in [0, 0.1) is 34.6 Å². The monoisotopic (exact) mass is 268 g/mol. The molecule has 2 nitrogen and oxygen atoms in total. The van der Waals surface area contributed by atoms with E-state index in [-0.39, 0.29) is 0 Å². The van der Waals surface area contributed by atoms with Crippen LogP contribution in [0.5, 0.6) is 0 Å². The highest BCUT2D eigenvalue weighted by molar-refractivity contribution is 5.70. The number of hydrogen-bond donors (Lipinski definition) is 2. The average Bonchev–Trinajstić information content (AvgIpc) is 2.39. The molecule has 0 bridgehead atoms. The van der Waals surface area contributed by atoms with Crippen molar-refractivity contribution in [3.05, 3.63) is 57.6 Å². The van der Waals surface area contributed by atoms with Crippen molar-refractivity contribution in [2.75, 3.05) is 11.1 Å². The molecule has 0 saturated carbocycles. The largest absolute Gasteiger partial charge is 0.397 e. The van der Waals surface area contributed by atoms with Crippen molar-refractivity contribution in [2.45, 2.75) is 41.2 Å². The lowest BCUT2D eigenvalue weighted by Gasteiger charge is -2.18. The van der Waals surface area contributed by atoms with E-state index in [1.54, 1.807) is 0 Å². The van der Waals surface area contributed by atoms with Crippen molar-refractivity contribution >= 4 is 11.4 Å². The van der Waals surface area contributed by atoms with Gasteiger partial charge in [0, 0.05) is 6.54 Å². The molecule has 0 unspecified atom stereocenters. The van der Waals surface area contributed by atoms with E-state index < -0.39 is 0 Å². The molecule has 106 valence electrons. The smallest absolute Gasteiger partial charge is 0.0606 e. The minimum Gasteiger partial charge on any atom is -0.397 e. The van der Waals surface area contributed by atoms with Crippen LogP contribution in [0.3, 0.4) is 0 Å². The van der Waals surface area contributed by atoms with Crippen LogP contribution in [0.1, 0.15) is 33.4 Å². The second-order valence-electron chi connectivity index (χ2n) is 5.63. The first kappa shape index (κ1) is 14.4. The van der Waals surface area contributed by atoms with Crippen LogP contribution < -0.4 is 11.1 Å². The Hall–Kier alpha value is -1.96. The third kappa shape index (κ3) is 2.64. The zero-order valence-corrected chi connectivity index (χ0v) is 13.1. The first-order chi connectivity index (χ1) is 9.41. The van der Waals surface area contributed by atoms with E-state index in [4.69, 9.17) is 5.73 Å². The molecule has 0 aliphatic heterocycles. The van der Waals surface area contributed by atoms with Gasteiger partial charge in [0.25, 0.3) is 0 Å². The van der Waals surface area contributed by atoms with Gasteiger partial charge < -0.3 is 11.1 Å². The first-order valence-electron chi connectivity index (χ1n) is 7.07. The van der Waals surface area contributed by atoms with Crippen LogP contribution in [0.15, 0.2) is 24.3 Å². The highest BCUT2D eigenvalue weighted by atomic mass is 14.9. The summed E-state index contributed by atoms with van der Waals surface area (Å²) in [6.45, 7) is 11.6. The van der Waals surface area contributed by atoms with E-state index in [1.165, 1.54) is 33.4 Å². The van der Waals surface area contributed by atoms with E-state index in [0.717, 1.165) is 17.9 Å². The van der Waals surface area contributed by atoms with Gasteiger partial charge in [0.15, 0.2) is 0 Å². The predicted octanol–water partition coefficient (Wildman–Crippen LogP) is 4.42. The van der Waals surface area contributed by atoms with E-state index in [2.05, 4.69) is 52.1 Å². The third-order valence-electron chi connectivity index (χ3n) is 4.27. The molecule has 2 aromatic carbocycles.